The monoisotopic (exact) mass is 702 g/mol. The molecule has 6 rings (SSSR count). The van der Waals surface area contributed by atoms with Crippen molar-refractivity contribution in [2.45, 2.75) is 130 Å². The minimum Gasteiger partial charge on any atom is -0.489 e. The Morgan fingerprint density at radius 1 is 0.846 bits per heavy atom. The Morgan fingerprint density at radius 2 is 1.60 bits per heavy atom. The highest BCUT2D eigenvalue weighted by atomic mass is 16.5. The molecule has 0 aromatic heterocycles. The molecule has 0 radical (unpaired) electrons. The molecule has 0 bridgehead atoms. The fourth-order valence-electron chi connectivity index (χ4n) is 9.64. The molecular weight excluding hydrogens is 641 g/mol. The van der Waals surface area contributed by atoms with E-state index in [1.807, 2.05) is 6.92 Å². The maximum atomic E-state index is 12.3. The number of carbonyl (C=O) groups excluding carboxylic acids is 1. The number of hydrogen-bond donors (Lipinski definition) is 0. The van der Waals surface area contributed by atoms with Crippen LogP contribution in [0.3, 0.4) is 0 Å². The van der Waals surface area contributed by atoms with E-state index in [9.17, 15) is 4.79 Å². The Hall–Kier alpha value is -3.63. The van der Waals surface area contributed by atoms with Gasteiger partial charge in [-0.25, -0.2) is 0 Å². The molecule has 1 fully saturated rings. The van der Waals surface area contributed by atoms with Crippen molar-refractivity contribution in [1.29, 1.82) is 0 Å². The summed E-state index contributed by atoms with van der Waals surface area (Å²) < 4.78 is 18.4. The van der Waals surface area contributed by atoms with Gasteiger partial charge in [-0.3, -0.25) is 4.79 Å². The second-order valence-corrected chi connectivity index (χ2v) is 15.8. The summed E-state index contributed by atoms with van der Waals surface area (Å²) in [6.07, 6.45) is 20.8. The molecule has 0 aliphatic heterocycles. The fourth-order valence-corrected chi connectivity index (χ4v) is 9.64. The van der Waals surface area contributed by atoms with Crippen LogP contribution in [0.1, 0.15) is 126 Å². The Kier molecular flexibility index (Phi) is 13.9. The lowest BCUT2D eigenvalue weighted by atomic mass is 9.57. The van der Waals surface area contributed by atoms with Crippen molar-refractivity contribution in [2.75, 3.05) is 6.61 Å². The lowest BCUT2D eigenvalue weighted by Gasteiger charge is -2.48. The van der Waals surface area contributed by atoms with Gasteiger partial charge in [0.1, 0.15) is 12.4 Å². The van der Waals surface area contributed by atoms with Crippen molar-refractivity contribution in [3.8, 4) is 5.75 Å². The summed E-state index contributed by atoms with van der Waals surface area (Å²) in [5.74, 6) is 2.28. The lowest BCUT2D eigenvalue weighted by Crippen LogP contribution is -2.42. The number of rotatable bonds is 19. The Balaban J connectivity index is 1.12. The lowest BCUT2D eigenvalue weighted by molar-refractivity contribution is -0.148. The van der Waals surface area contributed by atoms with Gasteiger partial charge in [0.25, 0.3) is 0 Å². The molecule has 1 saturated carbocycles. The number of benzene rings is 3. The van der Waals surface area contributed by atoms with Crippen LogP contribution in [0, 0.1) is 23.2 Å². The summed E-state index contributed by atoms with van der Waals surface area (Å²) in [6, 6.07) is 28.0. The Morgan fingerprint density at radius 3 is 2.35 bits per heavy atom. The average Bonchev–Trinajstić information content (AvgIpc) is 3.51. The first kappa shape index (κ1) is 38.1. The van der Waals surface area contributed by atoms with Crippen LogP contribution < -0.4 is 4.74 Å². The van der Waals surface area contributed by atoms with E-state index in [0.717, 1.165) is 63.5 Å². The standard InChI is InChI=1S/C48H62O4/c1-4-19-38(47(49)50-5-2)24-17-9-7-6-8-10-18-25-40-33-48(3)44(30-31-45(48)52-35-37-22-15-12-16-23-37)43-28-26-39-32-41(27-29-42(39)46(40)43)51-34-36-20-13-11-14-21-36/h10-16,18,20-23,27,29,32,38,43-45H,4-9,17,19,24-26,28,30-31,33-35H2,1-3H3/b18-10+/t38?,43?,44?,45-,48-/m0/s1. The van der Waals surface area contributed by atoms with Gasteiger partial charge in [0.2, 0.25) is 0 Å². The summed E-state index contributed by atoms with van der Waals surface area (Å²) in [6.45, 7) is 8.36. The zero-order valence-corrected chi connectivity index (χ0v) is 32.1. The number of unbranched alkanes of at least 4 members (excludes halogenated alkanes) is 4. The summed E-state index contributed by atoms with van der Waals surface area (Å²) in [5, 5.41) is 0. The van der Waals surface area contributed by atoms with E-state index >= 15 is 0 Å². The van der Waals surface area contributed by atoms with Gasteiger partial charge in [-0.1, -0.05) is 124 Å². The summed E-state index contributed by atoms with van der Waals surface area (Å²) in [4.78, 5) is 12.3. The zero-order valence-electron chi connectivity index (χ0n) is 32.1. The number of esters is 1. The first-order chi connectivity index (χ1) is 25.5. The highest BCUT2D eigenvalue weighted by Crippen LogP contribution is 2.61. The van der Waals surface area contributed by atoms with E-state index < -0.39 is 0 Å². The van der Waals surface area contributed by atoms with E-state index in [1.54, 1.807) is 11.1 Å². The van der Waals surface area contributed by atoms with Crippen LogP contribution in [-0.2, 0) is 33.9 Å². The predicted molar refractivity (Wildman–Crippen MR) is 213 cm³/mol. The number of aryl methyl sites for hydroxylation is 1. The number of ether oxygens (including phenoxy) is 3. The molecule has 4 nitrogen and oxygen atoms in total. The zero-order chi connectivity index (χ0) is 36.2. The van der Waals surface area contributed by atoms with E-state index in [4.69, 9.17) is 14.2 Å². The molecule has 52 heavy (non-hydrogen) atoms. The minimum atomic E-state index is -0.00288. The van der Waals surface area contributed by atoms with Crippen LogP contribution in [0.5, 0.6) is 5.75 Å². The average molecular weight is 703 g/mol. The van der Waals surface area contributed by atoms with Gasteiger partial charge in [-0.2, -0.15) is 0 Å². The fraction of sp³-hybridized carbons (Fsp3) is 0.521. The van der Waals surface area contributed by atoms with Crippen molar-refractivity contribution in [1.82, 2.24) is 0 Å². The van der Waals surface area contributed by atoms with Crippen molar-refractivity contribution < 1.29 is 19.0 Å². The normalized spacial score (nSPS) is 22.9. The van der Waals surface area contributed by atoms with E-state index in [0.29, 0.717) is 31.7 Å². The third kappa shape index (κ3) is 9.47. The van der Waals surface area contributed by atoms with Gasteiger partial charge >= 0.3 is 5.97 Å². The highest BCUT2D eigenvalue weighted by molar-refractivity contribution is 5.77. The van der Waals surface area contributed by atoms with E-state index in [-0.39, 0.29) is 23.4 Å². The van der Waals surface area contributed by atoms with Crippen LogP contribution in [0.15, 0.2) is 96.6 Å². The number of carbonyl (C=O) groups is 1. The molecule has 4 heteroatoms. The molecule has 0 amide bonds. The van der Waals surface area contributed by atoms with Crippen LogP contribution in [0.4, 0.5) is 0 Å². The van der Waals surface area contributed by atoms with Crippen LogP contribution in [-0.4, -0.2) is 18.7 Å². The van der Waals surface area contributed by atoms with Crippen molar-refractivity contribution in [3.63, 3.8) is 0 Å². The summed E-state index contributed by atoms with van der Waals surface area (Å²) >= 11 is 0. The molecule has 3 aromatic carbocycles. The second kappa shape index (κ2) is 18.9. The Bertz CT molecular complexity index is 1620. The SMILES string of the molecule is CCCC(CCCCCC/C=C/CC1=C2c3ccc(OCc4ccccc4)cc3CCC2C2CC[C@H](OCc3ccccc3)[C@@]2(C)C1)C(=O)OCC. The molecule has 278 valence electrons. The maximum absolute atomic E-state index is 12.3. The molecule has 3 aromatic rings. The first-order valence-electron chi connectivity index (χ1n) is 20.5. The largest absolute Gasteiger partial charge is 0.489 e. The van der Waals surface area contributed by atoms with Crippen molar-refractivity contribution in [3.05, 3.63) is 119 Å². The molecule has 0 N–H and O–H groups in total. The van der Waals surface area contributed by atoms with Crippen molar-refractivity contribution in [2.24, 2.45) is 23.2 Å². The molecule has 3 aliphatic rings. The molecule has 5 atom stereocenters. The van der Waals surface area contributed by atoms with Gasteiger partial charge in [0, 0.05) is 5.41 Å². The number of fused-ring (bicyclic) bond motifs is 5. The van der Waals surface area contributed by atoms with Crippen molar-refractivity contribution >= 4 is 11.5 Å². The molecule has 0 saturated heterocycles. The van der Waals surface area contributed by atoms with Crippen LogP contribution >= 0.6 is 0 Å². The summed E-state index contributed by atoms with van der Waals surface area (Å²) in [7, 11) is 0. The van der Waals surface area contributed by atoms with Crippen LogP contribution in [0.25, 0.3) is 5.57 Å². The molecular formula is C48H62O4. The minimum absolute atomic E-state index is 0.00288. The maximum Gasteiger partial charge on any atom is 0.308 e. The van der Waals surface area contributed by atoms with Gasteiger partial charge in [0.15, 0.2) is 0 Å². The predicted octanol–water partition coefficient (Wildman–Crippen LogP) is 12.3. The number of hydrogen-bond acceptors (Lipinski definition) is 4. The quantitative estimate of drug-likeness (QED) is 0.0709. The van der Waals surface area contributed by atoms with Crippen LogP contribution in [0.2, 0.25) is 0 Å². The van der Waals surface area contributed by atoms with Gasteiger partial charge in [-0.05, 0) is 123 Å². The topological polar surface area (TPSA) is 44.8 Å². The third-order valence-electron chi connectivity index (χ3n) is 12.2. The van der Waals surface area contributed by atoms with Gasteiger partial charge in [0.05, 0.1) is 25.2 Å². The molecule has 0 heterocycles. The molecule has 0 spiro atoms. The molecule has 3 unspecified atom stereocenters. The van der Waals surface area contributed by atoms with Gasteiger partial charge in [-0.15, -0.1) is 0 Å². The second-order valence-electron chi connectivity index (χ2n) is 15.8. The van der Waals surface area contributed by atoms with E-state index in [2.05, 4.69) is 105 Å². The van der Waals surface area contributed by atoms with Gasteiger partial charge < -0.3 is 14.2 Å². The Labute approximate surface area is 314 Å². The van der Waals surface area contributed by atoms with E-state index in [1.165, 1.54) is 54.4 Å². The highest BCUT2D eigenvalue weighted by Gasteiger charge is 2.54. The third-order valence-corrected chi connectivity index (χ3v) is 12.2. The number of allylic oxidation sites excluding steroid dienone is 4. The smallest absolute Gasteiger partial charge is 0.308 e. The first-order valence-corrected chi connectivity index (χ1v) is 20.5. The summed E-state index contributed by atoms with van der Waals surface area (Å²) in [5.41, 5.74) is 8.78. The molecule has 3 aliphatic carbocycles.